The highest BCUT2D eigenvalue weighted by Crippen LogP contribution is 2.34. The van der Waals surface area contributed by atoms with Crippen LogP contribution in [0.5, 0.6) is 11.5 Å². The Morgan fingerprint density at radius 1 is 0.895 bits per heavy atom. The Morgan fingerprint density at radius 2 is 1.68 bits per heavy atom. The number of aliphatic imine (C=N–C) groups is 1. The van der Waals surface area contributed by atoms with Crippen LogP contribution < -0.4 is 4.74 Å². The molecule has 0 bridgehead atoms. The van der Waals surface area contributed by atoms with E-state index in [1.54, 1.807) is 30.5 Å². The molecule has 0 aliphatic rings. The molecule has 5 rings (SSSR count). The van der Waals surface area contributed by atoms with Crippen LogP contribution in [0.15, 0.2) is 88.3 Å². The smallest absolute Gasteiger partial charge is 0.318 e. The Hall–Kier alpha value is -5.38. The standard InChI is InChI=1S/C28H20N4O6/c1-17-11-24-27(12-18(17)2)38-28(30-24)20-6-4-7-21(14-20)29-16-19-5-3-8-23(13-19)37-26-10-9-22(31(33)34)15-25(26)32(35)36/h3-16H,1-2H3. The number of benzene rings is 4. The van der Waals surface area contributed by atoms with E-state index in [4.69, 9.17) is 9.15 Å². The Kier molecular flexibility index (Phi) is 6.36. The molecule has 0 radical (unpaired) electrons. The van der Waals surface area contributed by atoms with Crippen molar-refractivity contribution in [2.45, 2.75) is 13.8 Å². The van der Waals surface area contributed by atoms with Crippen LogP contribution in [0.25, 0.3) is 22.6 Å². The molecule has 188 valence electrons. The van der Waals surface area contributed by atoms with E-state index < -0.39 is 21.2 Å². The molecule has 0 fully saturated rings. The number of non-ortho nitro benzene ring substituents is 1. The SMILES string of the molecule is Cc1cc2nc(-c3cccc(N=Cc4cccc(Oc5ccc([N+](=O)[O-])cc5[N+](=O)[O-])c4)c3)oc2cc1C. The Labute approximate surface area is 216 Å². The average molecular weight is 508 g/mol. The zero-order chi connectivity index (χ0) is 26.8. The third kappa shape index (κ3) is 5.09. The molecule has 1 aromatic heterocycles. The van der Waals surface area contributed by atoms with Crippen molar-refractivity contribution in [3.05, 3.63) is 116 Å². The van der Waals surface area contributed by atoms with Crippen molar-refractivity contribution in [1.82, 2.24) is 4.98 Å². The number of nitrogens with zero attached hydrogens (tertiary/aromatic N) is 4. The Balaban J connectivity index is 1.37. The van der Waals surface area contributed by atoms with Gasteiger partial charge in [-0.15, -0.1) is 0 Å². The molecule has 0 unspecified atom stereocenters. The van der Waals surface area contributed by atoms with Crippen molar-refractivity contribution < 1.29 is 19.0 Å². The molecular weight excluding hydrogens is 488 g/mol. The summed E-state index contributed by atoms with van der Waals surface area (Å²) in [6, 6.07) is 21.5. The fourth-order valence-corrected chi connectivity index (χ4v) is 3.81. The van der Waals surface area contributed by atoms with Gasteiger partial charge >= 0.3 is 5.69 Å². The van der Waals surface area contributed by atoms with E-state index in [0.717, 1.165) is 39.9 Å². The second kappa shape index (κ2) is 9.94. The molecule has 0 amide bonds. The van der Waals surface area contributed by atoms with Crippen molar-refractivity contribution in [1.29, 1.82) is 0 Å². The van der Waals surface area contributed by atoms with Gasteiger partial charge in [0, 0.05) is 17.8 Å². The first-order chi connectivity index (χ1) is 18.3. The molecule has 38 heavy (non-hydrogen) atoms. The van der Waals surface area contributed by atoms with E-state index in [0.29, 0.717) is 22.9 Å². The van der Waals surface area contributed by atoms with Gasteiger partial charge in [0.05, 0.1) is 21.6 Å². The number of aromatic nitrogens is 1. The largest absolute Gasteiger partial charge is 0.450 e. The lowest BCUT2D eigenvalue weighted by Gasteiger charge is -2.07. The van der Waals surface area contributed by atoms with E-state index in [9.17, 15) is 20.2 Å². The lowest BCUT2D eigenvalue weighted by Crippen LogP contribution is -1.96. The summed E-state index contributed by atoms with van der Waals surface area (Å²) < 4.78 is 11.6. The summed E-state index contributed by atoms with van der Waals surface area (Å²) in [6.45, 7) is 4.06. The second-order valence-electron chi connectivity index (χ2n) is 8.57. The minimum atomic E-state index is -0.722. The number of aryl methyl sites for hydroxylation is 2. The summed E-state index contributed by atoms with van der Waals surface area (Å²) in [5.41, 5.74) is 5.05. The van der Waals surface area contributed by atoms with Crippen LogP contribution in [0.4, 0.5) is 17.1 Å². The van der Waals surface area contributed by atoms with Crippen LogP contribution in [0.3, 0.4) is 0 Å². The van der Waals surface area contributed by atoms with Crippen LogP contribution in [0, 0.1) is 34.1 Å². The van der Waals surface area contributed by atoms with Crippen LogP contribution in [0.1, 0.15) is 16.7 Å². The summed E-state index contributed by atoms with van der Waals surface area (Å²) in [4.78, 5) is 30.1. The molecule has 0 saturated carbocycles. The lowest BCUT2D eigenvalue weighted by molar-refractivity contribution is -0.394. The van der Waals surface area contributed by atoms with Gasteiger partial charge in [-0.1, -0.05) is 18.2 Å². The highest BCUT2D eigenvalue weighted by atomic mass is 16.6. The first-order valence-corrected chi connectivity index (χ1v) is 11.5. The number of fused-ring (bicyclic) bond motifs is 1. The number of ether oxygens (including phenoxy) is 1. The lowest BCUT2D eigenvalue weighted by atomic mass is 10.1. The van der Waals surface area contributed by atoms with Gasteiger partial charge in [-0.2, -0.15) is 0 Å². The van der Waals surface area contributed by atoms with Gasteiger partial charge in [0.1, 0.15) is 11.3 Å². The summed E-state index contributed by atoms with van der Waals surface area (Å²) in [5, 5.41) is 22.4. The summed E-state index contributed by atoms with van der Waals surface area (Å²) in [5.74, 6) is 0.713. The number of nitro benzene ring substituents is 2. The third-order valence-electron chi connectivity index (χ3n) is 5.90. The zero-order valence-electron chi connectivity index (χ0n) is 20.3. The summed E-state index contributed by atoms with van der Waals surface area (Å²) in [7, 11) is 0. The second-order valence-corrected chi connectivity index (χ2v) is 8.57. The predicted octanol–water partition coefficient (Wildman–Crippen LogP) is 7.47. The van der Waals surface area contributed by atoms with Gasteiger partial charge in [0.25, 0.3) is 5.69 Å². The molecule has 0 saturated heterocycles. The maximum absolute atomic E-state index is 11.4. The fraction of sp³-hybridized carbons (Fsp3) is 0.0714. The number of rotatable bonds is 7. The third-order valence-corrected chi connectivity index (χ3v) is 5.90. The average Bonchev–Trinajstić information content (AvgIpc) is 3.31. The van der Waals surface area contributed by atoms with E-state index in [1.165, 1.54) is 6.07 Å². The molecule has 0 spiro atoms. The number of oxazole rings is 1. The fourth-order valence-electron chi connectivity index (χ4n) is 3.81. The zero-order valence-corrected chi connectivity index (χ0v) is 20.3. The van der Waals surface area contributed by atoms with E-state index in [1.807, 2.05) is 50.2 Å². The van der Waals surface area contributed by atoms with Crippen LogP contribution in [0.2, 0.25) is 0 Å². The van der Waals surface area contributed by atoms with Crippen LogP contribution in [-0.4, -0.2) is 21.0 Å². The first kappa shape index (κ1) is 24.3. The van der Waals surface area contributed by atoms with Gasteiger partial charge in [-0.3, -0.25) is 25.2 Å². The molecule has 0 N–H and O–H groups in total. The molecule has 0 atom stereocenters. The van der Waals surface area contributed by atoms with Crippen molar-refractivity contribution in [2.24, 2.45) is 4.99 Å². The first-order valence-electron chi connectivity index (χ1n) is 11.5. The van der Waals surface area contributed by atoms with Crippen molar-refractivity contribution >= 4 is 34.4 Å². The van der Waals surface area contributed by atoms with Gasteiger partial charge < -0.3 is 9.15 Å². The minimum absolute atomic E-state index is 0.105. The van der Waals surface area contributed by atoms with Crippen molar-refractivity contribution in [3.63, 3.8) is 0 Å². The highest BCUT2D eigenvalue weighted by molar-refractivity contribution is 5.83. The Morgan fingerprint density at radius 3 is 2.47 bits per heavy atom. The Bertz CT molecular complexity index is 1700. The van der Waals surface area contributed by atoms with E-state index in [2.05, 4.69) is 9.98 Å². The molecule has 10 heteroatoms. The van der Waals surface area contributed by atoms with Crippen LogP contribution in [-0.2, 0) is 0 Å². The molecule has 4 aromatic carbocycles. The van der Waals surface area contributed by atoms with Crippen LogP contribution >= 0.6 is 0 Å². The van der Waals surface area contributed by atoms with Crippen molar-refractivity contribution in [3.8, 4) is 23.0 Å². The topological polar surface area (TPSA) is 134 Å². The quantitative estimate of drug-likeness (QED) is 0.126. The summed E-state index contributed by atoms with van der Waals surface area (Å²) in [6.07, 6.45) is 1.63. The number of hydrogen-bond acceptors (Lipinski definition) is 8. The van der Waals surface area contributed by atoms with Gasteiger partial charge in [0.15, 0.2) is 5.58 Å². The molecule has 0 aliphatic carbocycles. The number of nitro groups is 2. The van der Waals surface area contributed by atoms with E-state index >= 15 is 0 Å². The van der Waals surface area contributed by atoms with E-state index in [-0.39, 0.29) is 5.75 Å². The number of hydrogen-bond donors (Lipinski definition) is 0. The monoisotopic (exact) mass is 508 g/mol. The summed E-state index contributed by atoms with van der Waals surface area (Å²) >= 11 is 0. The van der Waals surface area contributed by atoms with Gasteiger partial charge in [-0.25, -0.2) is 4.98 Å². The maximum Gasteiger partial charge on any atom is 0.318 e. The molecule has 5 aromatic rings. The van der Waals surface area contributed by atoms with Crippen molar-refractivity contribution in [2.75, 3.05) is 0 Å². The molecule has 10 nitrogen and oxygen atoms in total. The van der Waals surface area contributed by atoms with Gasteiger partial charge in [0.2, 0.25) is 11.6 Å². The highest BCUT2D eigenvalue weighted by Gasteiger charge is 2.21. The minimum Gasteiger partial charge on any atom is -0.450 e. The maximum atomic E-state index is 11.4. The predicted molar refractivity (Wildman–Crippen MR) is 142 cm³/mol. The molecule has 0 aliphatic heterocycles. The normalized spacial score (nSPS) is 11.2. The van der Waals surface area contributed by atoms with Gasteiger partial charge in [-0.05, 0) is 79.1 Å². The molecule has 1 heterocycles. The molecular formula is C28H20N4O6.